The third-order valence-corrected chi connectivity index (χ3v) is 6.64. The fourth-order valence-corrected chi connectivity index (χ4v) is 6.39. The smallest absolute Gasteiger partial charge is 0.0772 e. The molecule has 124 valence electrons. The van der Waals surface area contributed by atoms with E-state index >= 15 is 0 Å². The lowest BCUT2D eigenvalue weighted by Crippen LogP contribution is -2.54. The van der Waals surface area contributed by atoms with Crippen molar-refractivity contribution in [1.29, 1.82) is 0 Å². The standard InChI is InChI=1S/C18H30N2O2/c1-12-9-20(10-13(2)22-12)11-17(19-21)18-6-14-3-15(7-18)5-16(4-14)8-18/h12-16,21H,3-11H2,1-2H3/b19-17-/t12-,13+,14?,15?,16?,18?. The molecule has 0 unspecified atom stereocenters. The van der Waals surface area contributed by atoms with Crippen molar-refractivity contribution in [2.45, 2.75) is 64.6 Å². The molecule has 1 heterocycles. The largest absolute Gasteiger partial charge is 0.411 e. The number of hydrogen-bond donors (Lipinski definition) is 1. The van der Waals surface area contributed by atoms with E-state index in [1.165, 1.54) is 38.5 Å². The highest BCUT2D eigenvalue weighted by atomic mass is 16.5. The summed E-state index contributed by atoms with van der Waals surface area (Å²) in [5.41, 5.74) is 1.29. The minimum atomic E-state index is 0.217. The average Bonchev–Trinajstić information content (AvgIpc) is 2.42. The monoisotopic (exact) mass is 306 g/mol. The quantitative estimate of drug-likeness (QED) is 0.495. The summed E-state index contributed by atoms with van der Waals surface area (Å²) in [4.78, 5) is 2.44. The van der Waals surface area contributed by atoms with Gasteiger partial charge in [-0.05, 0) is 70.1 Å². The molecule has 0 aromatic rings. The van der Waals surface area contributed by atoms with Gasteiger partial charge in [-0.15, -0.1) is 0 Å². The first-order valence-corrected chi connectivity index (χ1v) is 9.15. The van der Waals surface area contributed by atoms with Crippen LogP contribution in [0.3, 0.4) is 0 Å². The molecule has 0 amide bonds. The summed E-state index contributed by atoms with van der Waals surface area (Å²) in [6, 6.07) is 0. The summed E-state index contributed by atoms with van der Waals surface area (Å²) in [7, 11) is 0. The minimum absolute atomic E-state index is 0.217. The van der Waals surface area contributed by atoms with Gasteiger partial charge in [0, 0.05) is 25.0 Å². The van der Waals surface area contributed by atoms with Gasteiger partial charge in [-0.3, -0.25) is 4.90 Å². The van der Waals surface area contributed by atoms with Gasteiger partial charge in [0.2, 0.25) is 0 Å². The lowest BCUT2D eigenvalue weighted by Gasteiger charge is -2.57. The maximum Gasteiger partial charge on any atom is 0.0772 e. The van der Waals surface area contributed by atoms with Gasteiger partial charge in [-0.25, -0.2) is 0 Å². The Labute approximate surface area is 133 Å². The highest BCUT2D eigenvalue weighted by Gasteiger charge is 2.53. The molecule has 4 saturated carbocycles. The van der Waals surface area contributed by atoms with E-state index in [0.29, 0.717) is 0 Å². The van der Waals surface area contributed by atoms with Crippen LogP contribution < -0.4 is 0 Å². The molecule has 0 spiro atoms. The molecule has 5 fully saturated rings. The predicted octanol–water partition coefficient (Wildman–Crippen LogP) is 3.14. The Morgan fingerprint density at radius 1 is 1.05 bits per heavy atom. The molecule has 4 heteroatoms. The minimum Gasteiger partial charge on any atom is -0.411 e. The van der Waals surface area contributed by atoms with Crippen molar-refractivity contribution < 1.29 is 9.94 Å². The first-order valence-electron chi connectivity index (χ1n) is 9.15. The van der Waals surface area contributed by atoms with E-state index in [9.17, 15) is 5.21 Å². The number of rotatable bonds is 3. The Hall–Kier alpha value is -0.610. The zero-order chi connectivity index (χ0) is 15.3. The fourth-order valence-electron chi connectivity index (χ4n) is 6.39. The van der Waals surface area contributed by atoms with Gasteiger partial charge in [0.25, 0.3) is 0 Å². The van der Waals surface area contributed by atoms with Gasteiger partial charge in [0.15, 0.2) is 0 Å². The van der Waals surface area contributed by atoms with Crippen LogP contribution in [0.5, 0.6) is 0 Å². The van der Waals surface area contributed by atoms with E-state index in [0.717, 1.165) is 43.1 Å². The maximum absolute atomic E-state index is 9.78. The molecule has 1 N–H and O–H groups in total. The zero-order valence-electron chi connectivity index (χ0n) is 14.0. The van der Waals surface area contributed by atoms with E-state index in [1.54, 1.807) is 0 Å². The number of nitrogens with zero attached hydrogens (tertiary/aromatic N) is 2. The molecule has 1 aliphatic heterocycles. The van der Waals surface area contributed by atoms with E-state index in [-0.39, 0.29) is 17.6 Å². The van der Waals surface area contributed by atoms with Crippen molar-refractivity contribution in [3.05, 3.63) is 0 Å². The van der Waals surface area contributed by atoms with Crippen molar-refractivity contribution >= 4 is 5.71 Å². The number of ether oxygens (including phenoxy) is 1. The van der Waals surface area contributed by atoms with Gasteiger partial charge in [0.1, 0.15) is 0 Å². The lowest BCUT2D eigenvalue weighted by atomic mass is 9.48. The van der Waals surface area contributed by atoms with Gasteiger partial charge in [-0.1, -0.05) is 5.16 Å². The summed E-state index contributed by atoms with van der Waals surface area (Å²) in [6.07, 6.45) is 8.67. The highest BCUT2D eigenvalue weighted by Crippen LogP contribution is 2.60. The average molecular weight is 306 g/mol. The molecular formula is C18H30N2O2. The highest BCUT2D eigenvalue weighted by molar-refractivity contribution is 5.92. The molecule has 5 aliphatic rings. The molecule has 5 rings (SSSR count). The van der Waals surface area contributed by atoms with Gasteiger partial charge in [0.05, 0.1) is 17.9 Å². The Morgan fingerprint density at radius 2 is 1.55 bits per heavy atom. The topological polar surface area (TPSA) is 45.1 Å². The van der Waals surface area contributed by atoms with Crippen LogP contribution >= 0.6 is 0 Å². The fraction of sp³-hybridized carbons (Fsp3) is 0.944. The zero-order valence-corrected chi connectivity index (χ0v) is 14.0. The molecule has 1 saturated heterocycles. The van der Waals surface area contributed by atoms with Gasteiger partial charge >= 0.3 is 0 Å². The number of hydrogen-bond acceptors (Lipinski definition) is 4. The van der Waals surface area contributed by atoms with E-state index < -0.39 is 0 Å². The molecule has 0 radical (unpaired) electrons. The van der Waals surface area contributed by atoms with Crippen molar-refractivity contribution in [1.82, 2.24) is 4.90 Å². The Kier molecular flexibility index (Phi) is 3.73. The summed E-state index contributed by atoms with van der Waals surface area (Å²) in [6.45, 7) is 7.03. The lowest BCUT2D eigenvalue weighted by molar-refractivity contribution is -0.0659. The number of morpholine rings is 1. The summed E-state index contributed by atoms with van der Waals surface area (Å²) in [5, 5.41) is 13.6. The maximum atomic E-state index is 9.78. The van der Waals surface area contributed by atoms with Crippen LogP contribution in [0, 0.1) is 23.2 Å². The second-order valence-electron chi connectivity index (χ2n) is 8.70. The second-order valence-corrected chi connectivity index (χ2v) is 8.70. The summed E-state index contributed by atoms with van der Waals surface area (Å²) in [5.74, 6) is 2.68. The molecular weight excluding hydrogens is 276 g/mol. The molecule has 0 aromatic heterocycles. The molecule has 22 heavy (non-hydrogen) atoms. The van der Waals surface area contributed by atoms with Crippen molar-refractivity contribution in [2.24, 2.45) is 28.3 Å². The van der Waals surface area contributed by atoms with Gasteiger partial charge in [-0.2, -0.15) is 0 Å². The van der Waals surface area contributed by atoms with Crippen LogP contribution in [-0.2, 0) is 4.74 Å². The number of oxime groups is 1. The molecule has 0 aromatic carbocycles. The van der Waals surface area contributed by atoms with Crippen LogP contribution in [0.4, 0.5) is 0 Å². The van der Waals surface area contributed by atoms with Crippen molar-refractivity contribution in [3.8, 4) is 0 Å². The van der Waals surface area contributed by atoms with Gasteiger partial charge < -0.3 is 9.94 Å². The molecule has 4 aliphatic carbocycles. The predicted molar refractivity (Wildman–Crippen MR) is 86.3 cm³/mol. The molecule has 4 bridgehead atoms. The first kappa shape index (κ1) is 14.9. The van der Waals surface area contributed by atoms with Crippen LogP contribution in [0.25, 0.3) is 0 Å². The Morgan fingerprint density at radius 3 is 2.00 bits per heavy atom. The van der Waals surface area contributed by atoms with E-state index in [1.807, 2.05) is 0 Å². The van der Waals surface area contributed by atoms with Crippen LogP contribution in [0.2, 0.25) is 0 Å². The third kappa shape index (κ3) is 2.58. The summed E-state index contributed by atoms with van der Waals surface area (Å²) >= 11 is 0. The van der Waals surface area contributed by atoms with Crippen molar-refractivity contribution in [3.63, 3.8) is 0 Å². The Balaban J connectivity index is 1.50. The second kappa shape index (κ2) is 5.48. The normalized spacial score (nSPS) is 48.8. The SMILES string of the molecule is C[C@@H]1CN(C/C(=N/O)C23CC4CC(CC(C4)C2)C3)C[C@H](C)O1. The van der Waals surface area contributed by atoms with Crippen LogP contribution in [0.1, 0.15) is 52.4 Å². The molecule has 2 atom stereocenters. The summed E-state index contributed by atoms with van der Waals surface area (Å²) < 4.78 is 5.84. The van der Waals surface area contributed by atoms with Crippen LogP contribution in [-0.4, -0.2) is 47.7 Å². The van der Waals surface area contributed by atoms with E-state index in [2.05, 4.69) is 23.9 Å². The Bertz CT molecular complexity index is 417. The van der Waals surface area contributed by atoms with Crippen LogP contribution in [0.15, 0.2) is 5.16 Å². The third-order valence-electron chi connectivity index (χ3n) is 6.64. The van der Waals surface area contributed by atoms with E-state index in [4.69, 9.17) is 4.74 Å². The van der Waals surface area contributed by atoms with Crippen molar-refractivity contribution in [2.75, 3.05) is 19.6 Å². The first-order chi connectivity index (χ1) is 10.6. The molecule has 4 nitrogen and oxygen atoms in total.